The Labute approximate surface area is 65.6 Å². The topological polar surface area (TPSA) is 41.9 Å². The molecule has 2 rings (SSSR count). The predicted molar refractivity (Wildman–Crippen MR) is 42.1 cm³/mol. The van der Waals surface area contributed by atoms with E-state index in [0.29, 0.717) is 6.17 Å². The van der Waals surface area contributed by atoms with Crippen molar-refractivity contribution in [1.82, 2.24) is 20.4 Å². The molecule has 1 atom stereocenters. The molecule has 4 nitrogen and oxygen atoms in total. The first-order valence-electron chi connectivity index (χ1n) is 3.90. The Hall–Kier alpha value is -0.870. The fraction of sp³-hybridized carbons (Fsp3) is 0.571. The molecule has 1 aromatic heterocycles. The summed E-state index contributed by atoms with van der Waals surface area (Å²) in [6.45, 7) is 3.03. The van der Waals surface area contributed by atoms with Gasteiger partial charge in [-0.2, -0.15) is 5.10 Å². The summed E-state index contributed by atoms with van der Waals surface area (Å²) in [5, 5.41) is 10.8. The minimum absolute atomic E-state index is 0.332. The van der Waals surface area contributed by atoms with Gasteiger partial charge in [-0.1, -0.05) is 0 Å². The second-order valence-corrected chi connectivity index (χ2v) is 2.66. The zero-order valence-corrected chi connectivity index (χ0v) is 6.33. The van der Waals surface area contributed by atoms with Crippen LogP contribution in [0.1, 0.15) is 6.17 Å². The van der Waals surface area contributed by atoms with Crippen LogP contribution < -0.4 is 10.6 Å². The quantitative estimate of drug-likeness (QED) is 0.574. The van der Waals surface area contributed by atoms with Crippen LogP contribution >= 0.6 is 0 Å². The number of nitrogens with one attached hydrogen (secondary N) is 2. The molecule has 0 aliphatic carbocycles. The lowest BCUT2D eigenvalue weighted by atomic mass is 10.4. The highest BCUT2D eigenvalue weighted by atomic mass is 15.4. The Morgan fingerprint density at radius 2 is 2.45 bits per heavy atom. The molecular formula is C7H12N4. The van der Waals surface area contributed by atoms with Crippen LogP contribution in [0.25, 0.3) is 0 Å². The van der Waals surface area contributed by atoms with Gasteiger partial charge in [-0.15, -0.1) is 0 Å². The van der Waals surface area contributed by atoms with Crippen LogP contribution in [0.5, 0.6) is 0 Å². The molecule has 1 aromatic rings. The van der Waals surface area contributed by atoms with E-state index < -0.39 is 0 Å². The highest BCUT2D eigenvalue weighted by Gasteiger charge is 2.12. The average molecular weight is 152 g/mol. The van der Waals surface area contributed by atoms with Gasteiger partial charge in [0.05, 0.1) is 0 Å². The standard InChI is InChI=1S/C7H12N4/c1-2-10-11(5-1)7-6-8-3-4-9-7/h1-2,5,7-9H,3-4,6H2. The summed E-state index contributed by atoms with van der Waals surface area (Å²) in [6.07, 6.45) is 4.11. The SMILES string of the molecule is c1cnn(C2CNCCN2)c1. The van der Waals surface area contributed by atoms with E-state index in [-0.39, 0.29) is 0 Å². The van der Waals surface area contributed by atoms with Crippen molar-refractivity contribution < 1.29 is 0 Å². The van der Waals surface area contributed by atoms with Crippen molar-refractivity contribution >= 4 is 0 Å². The lowest BCUT2D eigenvalue weighted by molar-refractivity contribution is 0.315. The van der Waals surface area contributed by atoms with E-state index >= 15 is 0 Å². The van der Waals surface area contributed by atoms with Crippen molar-refractivity contribution in [3.63, 3.8) is 0 Å². The highest BCUT2D eigenvalue weighted by molar-refractivity contribution is 4.83. The zero-order valence-electron chi connectivity index (χ0n) is 6.33. The number of nitrogens with zero attached hydrogens (tertiary/aromatic N) is 2. The molecule has 0 saturated carbocycles. The maximum Gasteiger partial charge on any atom is 0.114 e. The Bertz CT molecular complexity index is 200. The van der Waals surface area contributed by atoms with Gasteiger partial charge in [0.1, 0.15) is 6.17 Å². The van der Waals surface area contributed by atoms with Crippen LogP contribution in [0.4, 0.5) is 0 Å². The van der Waals surface area contributed by atoms with E-state index in [0.717, 1.165) is 19.6 Å². The Kier molecular flexibility index (Phi) is 1.87. The predicted octanol–water partition coefficient (Wildman–Crippen LogP) is -0.425. The first-order valence-corrected chi connectivity index (χ1v) is 3.90. The molecule has 1 fully saturated rings. The van der Waals surface area contributed by atoms with Gasteiger partial charge in [0.2, 0.25) is 0 Å². The molecule has 0 bridgehead atoms. The van der Waals surface area contributed by atoms with Crippen molar-refractivity contribution in [2.45, 2.75) is 6.17 Å². The lowest BCUT2D eigenvalue weighted by Gasteiger charge is -2.24. The van der Waals surface area contributed by atoms with Crippen LogP contribution in [-0.2, 0) is 0 Å². The highest BCUT2D eigenvalue weighted by Crippen LogP contribution is 2.00. The molecule has 1 aliphatic heterocycles. The van der Waals surface area contributed by atoms with Gasteiger partial charge >= 0.3 is 0 Å². The number of rotatable bonds is 1. The summed E-state index contributed by atoms with van der Waals surface area (Å²) in [5.74, 6) is 0. The van der Waals surface area contributed by atoms with E-state index in [2.05, 4.69) is 15.7 Å². The van der Waals surface area contributed by atoms with Gasteiger partial charge in [0.25, 0.3) is 0 Å². The van der Waals surface area contributed by atoms with Crippen molar-refractivity contribution in [2.75, 3.05) is 19.6 Å². The molecular weight excluding hydrogens is 140 g/mol. The van der Waals surface area contributed by atoms with Gasteiger partial charge in [-0.25, -0.2) is 0 Å². The summed E-state index contributed by atoms with van der Waals surface area (Å²) in [7, 11) is 0. The summed E-state index contributed by atoms with van der Waals surface area (Å²) < 4.78 is 1.94. The molecule has 0 radical (unpaired) electrons. The number of hydrogen-bond donors (Lipinski definition) is 2. The third-order valence-electron chi connectivity index (χ3n) is 1.86. The van der Waals surface area contributed by atoms with Crippen LogP contribution in [-0.4, -0.2) is 29.4 Å². The Morgan fingerprint density at radius 1 is 1.45 bits per heavy atom. The largest absolute Gasteiger partial charge is 0.312 e. The van der Waals surface area contributed by atoms with Crippen LogP contribution in [0.2, 0.25) is 0 Å². The lowest BCUT2D eigenvalue weighted by Crippen LogP contribution is -2.45. The van der Waals surface area contributed by atoms with Gasteiger partial charge in [-0.05, 0) is 6.07 Å². The molecule has 11 heavy (non-hydrogen) atoms. The number of aromatic nitrogens is 2. The van der Waals surface area contributed by atoms with Gasteiger partial charge < -0.3 is 5.32 Å². The molecule has 2 N–H and O–H groups in total. The van der Waals surface area contributed by atoms with Crippen molar-refractivity contribution in [3.05, 3.63) is 18.5 Å². The van der Waals surface area contributed by atoms with E-state index in [1.54, 1.807) is 6.20 Å². The van der Waals surface area contributed by atoms with Gasteiger partial charge in [0, 0.05) is 32.0 Å². The maximum atomic E-state index is 4.15. The van der Waals surface area contributed by atoms with Crippen molar-refractivity contribution in [2.24, 2.45) is 0 Å². The molecule has 1 unspecified atom stereocenters. The molecule has 0 amide bonds. The van der Waals surface area contributed by atoms with Crippen LogP contribution in [0.15, 0.2) is 18.5 Å². The molecule has 2 heterocycles. The molecule has 60 valence electrons. The summed E-state index contributed by atoms with van der Waals surface area (Å²) in [6, 6.07) is 1.94. The van der Waals surface area contributed by atoms with E-state index in [1.807, 2.05) is 16.9 Å². The fourth-order valence-electron chi connectivity index (χ4n) is 1.29. The second-order valence-electron chi connectivity index (χ2n) is 2.66. The number of piperazine rings is 1. The number of hydrogen-bond acceptors (Lipinski definition) is 3. The third kappa shape index (κ3) is 1.41. The summed E-state index contributed by atoms with van der Waals surface area (Å²) in [4.78, 5) is 0. The van der Waals surface area contributed by atoms with Crippen molar-refractivity contribution in [1.29, 1.82) is 0 Å². The molecule has 0 spiro atoms. The Balaban J connectivity index is 2.04. The van der Waals surface area contributed by atoms with Gasteiger partial charge in [0.15, 0.2) is 0 Å². The molecule has 4 heteroatoms. The monoisotopic (exact) mass is 152 g/mol. The van der Waals surface area contributed by atoms with Crippen molar-refractivity contribution in [3.8, 4) is 0 Å². The first kappa shape index (κ1) is 6.82. The molecule has 1 aliphatic rings. The molecule has 1 saturated heterocycles. The minimum Gasteiger partial charge on any atom is -0.312 e. The maximum absolute atomic E-state index is 4.15. The van der Waals surface area contributed by atoms with E-state index in [9.17, 15) is 0 Å². The second kappa shape index (κ2) is 3.02. The van der Waals surface area contributed by atoms with Gasteiger partial charge in [-0.3, -0.25) is 10.00 Å². The average Bonchev–Trinajstić information content (AvgIpc) is 2.58. The van der Waals surface area contributed by atoms with E-state index in [1.165, 1.54) is 0 Å². The summed E-state index contributed by atoms with van der Waals surface area (Å²) >= 11 is 0. The van der Waals surface area contributed by atoms with Crippen LogP contribution in [0, 0.1) is 0 Å². The third-order valence-corrected chi connectivity index (χ3v) is 1.86. The Morgan fingerprint density at radius 3 is 3.09 bits per heavy atom. The first-order chi connectivity index (χ1) is 5.47. The fourth-order valence-corrected chi connectivity index (χ4v) is 1.29. The smallest absolute Gasteiger partial charge is 0.114 e. The van der Waals surface area contributed by atoms with Crippen LogP contribution in [0.3, 0.4) is 0 Å². The minimum atomic E-state index is 0.332. The molecule has 0 aromatic carbocycles. The summed E-state index contributed by atoms with van der Waals surface area (Å²) in [5.41, 5.74) is 0. The normalized spacial score (nSPS) is 25.3. The van der Waals surface area contributed by atoms with E-state index in [4.69, 9.17) is 0 Å². The zero-order chi connectivity index (χ0) is 7.52.